The molecule has 1 saturated heterocycles. The van der Waals surface area contributed by atoms with E-state index in [1.54, 1.807) is 0 Å². The van der Waals surface area contributed by atoms with Crippen molar-refractivity contribution >= 4 is 5.69 Å². The van der Waals surface area contributed by atoms with E-state index in [1.165, 1.54) is 11.3 Å². The molecule has 2 atom stereocenters. The number of hydrogen-bond donors (Lipinski definition) is 2. The van der Waals surface area contributed by atoms with Crippen molar-refractivity contribution in [2.24, 2.45) is 0 Å². The number of ether oxygens (including phenoxy) is 1. The molecule has 1 radical (unpaired) electrons. The van der Waals surface area contributed by atoms with Gasteiger partial charge in [-0.2, -0.15) is 0 Å². The third kappa shape index (κ3) is 4.99. The van der Waals surface area contributed by atoms with Gasteiger partial charge in [-0.05, 0) is 41.8 Å². The van der Waals surface area contributed by atoms with Crippen molar-refractivity contribution in [1.82, 2.24) is 5.32 Å². The molecule has 1 fully saturated rings. The predicted octanol–water partition coefficient (Wildman–Crippen LogP) is 3.22. The van der Waals surface area contributed by atoms with Gasteiger partial charge in [-0.1, -0.05) is 38.1 Å². The van der Waals surface area contributed by atoms with Crippen LogP contribution >= 0.6 is 0 Å². The molecule has 1 heterocycles. The molecule has 0 spiro atoms. The molecule has 26 heavy (non-hydrogen) atoms. The van der Waals surface area contributed by atoms with Crippen LogP contribution in [0.5, 0.6) is 5.75 Å². The third-order valence-electron chi connectivity index (χ3n) is 4.96. The minimum atomic E-state index is -0.428. The molecule has 3 rings (SSSR count). The lowest BCUT2D eigenvalue weighted by Gasteiger charge is -2.37. The normalized spacial score (nSPS) is 18.8. The van der Waals surface area contributed by atoms with Crippen LogP contribution in [-0.2, 0) is 0 Å². The maximum Gasteiger partial charge on any atom is 0.119 e. The Morgan fingerprint density at radius 2 is 1.92 bits per heavy atom. The largest absolute Gasteiger partial charge is 0.493 e. The highest BCUT2D eigenvalue weighted by atomic mass is 16.5. The van der Waals surface area contributed by atoms with Gasteiger partial charge in [0.05, 0.1) is 18.8 Å². The lowest BCUT2D eigenvalue weighted by atomic mass is 10.0. The molecule has 0 unspecified atom stereocenters. The fourth-order valence-corrected chi connectivity index (χ4v) is 3.31. The molecule has 1 aliphatic heterocycles. The summed E-state index contributed by atoms with van der Waals surface area (Å²) in [4.78, 5) is 2.35. The number of aliphatic hydroxyl groups is 1. The van der Waals surface area contributed by atoms with Gasteiger partial charge in [0.25, 0.3) is 0 Å². The lowest BCUT2D eigenvalue weighted by molar-refractivity contribution is 0.0977. The van der Waals surface area contributed by atoms with Gasteiger partial charge in [0.1, 0.15) is 5.75 Å². The number of rotatable bonds is 7. The zero-order valence-corrected chi connectivity index (χ0v) is 15.7. The van der Waals surface area contributed by atoms with Gasteiger partial charge in [-0.15, -0.1) is 0 Å². The number of anilines is 1. The third-order valence-corrected chi connectivity index (χ3v) is 4.96. The van der Waals surface area contributed by atoms with Crippen molar-refractivity contribution in [3.05, 3.63) is 60.2 Å². The zero-order valence-electron chi connectivity index (χ0n) is 15.7. The predicted molar refractivity (Wildman–Crippen MR) is 106 cm³/mol. The summed E-state index contributed by atoms with van der Waals surface area (Å²) < 4.78 is 5.69. The van der Waals surface area contributed by atoms with E-state index in [-0.39, 0.29) is 6.04 Å². The van der Waals surface area contributed by atoms with Crippen LogP contribution in [0.4, 0.5) is 5.69 Å². The zero-order chi connectivity index (χ0) is 18.4. The lowest BCUT2D eigenvalue weighted by Crippen LogP contribution is -2.56. The molecule has 139 valence electrons. The average molecular weight is 353 g/mol. The van der Waals surface area contributed by atoms with Gasteiger partial charge in [0, 0.05) is 31.7 Å². The van der Waals surface area contributed by atoms with Crippen LogP contribution in [0.3, 0.4) is 0 Å². The first-order valence-corrected chi connectivity index (χ1v) is 9.49. The van der Waals surface area contributed by atoms with Gasteiger partial charge >= 0.3 is 0 Å². The minimum Gasteiger partial charge on any atom is -0.493 e. The van der Waals surface area contributed by atoms with E-state index in [2.05, 4.69) is 54.4 Å². The Morgan fingerprint density at radius 3 is 2.62 bits per heavy atom. The highest BCUT2D eigenvalue weighted by Gasteiger charge is 2.25. The Balaban J connectivity index is 1.50. The molecule has 4 heteroatoms. The first-order valence-electron chi connectivity index (χ1n) is 9.49. The monoisotopic (exact) mass is 353 g/mol. The first-order chi connectivity index (χ1) is 12.6. The van der Waals surface area contributed by atoms with E-state index in [9.17, 15) is 5.11 Å². The second-order valence-electron chi connectivity index (χ2n) is 7.19. The first kappa shape index (κ1) is 18.7. The van der Waals surface area contributed by atoms with Crippen LogP contribution in [0.2, 0.25) is 0 Å². The summed E-state index contributed by atoms with van der Waals surface area (Å²) in [6.07, 6.45) is 0.180. The molecule has 2 aromatic rings. The quantitative estimate of drug-likeness (QED) is 0.802. The van der Waals surface area contributed by atoms with E-state index in [1.807, 2.05) is 24.3 Å². The Kier molecular flexibility index (Phi) is 6.53. The fourth-order valence-electron chi connectivity index (χ4n) is 3.31. The van der Waals surface area contributed by atoms with Crippen LogP contribution in [0.25, 0.3) is 0 Å². The topological polar surface area (TPSA) is 44.7 Å². The highest BCUT2D eigenvalue weighted by molar-refractivity contribution is 5.48. The van der Waals surface area contributed by atoms with Crippen LogP contribution in [0, 0.1) is 6.07 Å². The van der Waals surface area contributed by atoms with E-state index in [0.717, 1.165) is 25.4 Å². The smallest absolute Gasteiger partial charge is 0.119 e. The second kappa shape index (κ2) is 9.06. The highest BCUT2D eigenvalue weighted by Crippen LogP contribution is 2.22. The van der Waals surface area contributed by atoms with Crippen molar-refractivity contribution < 1.29 is 9.84 Å². The van der Waals surface area contributed by atoms with Gasteiger partial charge in [-0.25, -0.2) is 0 Å². The molecule has 1 aliphatic rings. The summed E-state index contributed by atoms with van der Waals surface area (Å²) in [5.41, 5.74) is 2.58. The SMILES string of the molecule is CC(C)c1ccc(N2CCN[C@@H]([C@H](O)CCOc3cc[c]cc3)C2)cc1. The number of aliphatic hydroxyl groups excluding tert-OH is 1. The molecule has 4 nitrogen and oxygen atoms in total. The summed E-state index contributed by atoms with van der Waals surface area (Å²) in [7, 11) is 0. The van der Waals surface area contributed by atoms with Gasteiger partial charge in [0.15, 0.2) is 0 Å². The van der Waals surface area contributed by atoms with E-state index in [0.29, 0.717) is 18.9 Å². The standard InChI is InChI=1S/C22H29N2O2/c1-17(2)18-8-10-19(11-9-18)24-14-13-23-21(16-24)22(25)12-15-26-20-6-4-3-5-7-20/h4-11,17,21-23,25H,12-16H2,1-2H3/t21-,22-/m1/s1. The van der Waals surface area contributed by atoms with E-state index < -0.39 is 6.10 Å². The molecule has 0 amide bonds. The molecular formula is C22H29N2O2. The molecular weight excluding hydrogens is 324 g/mol. The Labute approximate surface area is 156 Å². The van der Waals surface area contributed by atoms with Crippen molar-refractivity contribution in [2.45, 2.75) is 38.3 Å². The summed E-state index contributed by atoms with van der Waals surface area (Å²) >= 11 is 0. The van der Waals surface area contributed by atoms with Crippen LogP contribution in [0.15, 0.2) is 48.5 Å². The maximum absolute atomic E-state index is 10.6. The molecule has 0 saturated carbocycles. The van der Waals surface area contributed by atoms with Crippen molar-refractivity contribution in [2.75, 3.05) is 31.1 Å². The van der Waals surface area contributed by atoms with Crippen molar-refractivity contribution in [3.63, 3.8) is 0 Å². The van der Waals surface area contributed by atoms with Crippen LogP contribution < -0.4 is 15.0 Å². The van der Waals surface area contributed by atoms with E-state index >= 15 is 0 Å². The van der Waals surface area contributed by atoms with Crippen molar-refractivity contribution in [3.8, 4) is 5.75 Å². The number of benzene rings is 2. The van der Waals surface area contributed by atoms with E-state index in [4.69, 9.17) is 4.74 Å². The second-order valence-corrected chi connectivity index (χ2v) is 7.19. The Bertz CT molecular complexity index is 658. The fraction of sp³-hybridized carbons (Fsp3) is 0.455. The molecule has 2 aromatic carbocycles. The van der Waals surface area contributed by atoms with Gasteiger partial charge < -0.3 is 20.1 Å². The number of piperazine rings is 1. The number of nitrogens with one attached hydrogen (secondary N) is 1. The Morgan fingerprint density at radius 1 is 1.19 bits per heavy atom. The van der Waals surface area contributed by atoms with Crippen LogP contribution in [-0.4, -0.2) is 43.5 Å². The van der Waals surface area contributed by atoms with Crippen molar-refractivity contribution in [1.29, 1.82) is 0 Å². The minimum absolute atomic E-state index is 0.0567. The number of nitrogens with zero attached hydrogens (tertiary/aromatic N) is 1. The molecule has 0 aromatic heterocycles. The maximum atomic E-state index is 10.6. The molecule has 2 N–H and O–H groups in total. The summed E-state index contributed by atoms with van der Waals surface area (Å²) in [5, 5.41) is 14.0. The summed E-state index contributed by atoms with van der Waals surface area (Å²) in [6, 6.07) is 19.3. The van der Waals surface area contributed by atoms with Gasteiger partial charge in [-0.3, -0.25) is 0 Å². The molecule has 0 bridgehead atoms. The summed E-state index contributed by atoms with van der Waals surface area (Å²) in [6.45, 7) is 7.57. The van der Waals surface area contributed by atoms with Gasteiger partial charge in [0.2, 0.25) is 0 Å². The molecule has 0 aliphatic carbocycles. The average Bonchev–Trinajstić information content (AvgIpc) is 2.69. The number of hydrogen-bond acceptors (Lipinski definition) is 4. The van der Waals surface area contributed by atoms with Crippen LogP contribution in [0.1, 0.15) is 31.7 Å². The Hall–Kier alpha value is -2.04. The summed E-state index contributed by atoms with van der Waals surface area (Å²) in [5.74, 6) is 1.36.